The third-order valence-electron chi connectivity index (χ3n) is 0. The van der Waals surface area contributed by atoms with Gasteiger partial charge < -0.3 is 5.48 Å². The van der Waals surface area contributed by atoms with Crippen molar-refractivity contribution in [3.8, 4) is 0 Å². The van der Waals surface area contributed by atoms with Crippen molar-refractivity contribution in [2.75, 3.05) is 0 Å². The van der Waals surface area contributed by atoms with Crippen LogP contribution in [0.1, 0.15) is 7.43 Å². The second-order valence-corrected chi connectivity index (χ2v) is 0. The Labute approximate surface area is 33.3 Å². The summed E-state index contributed by atoms with van der Waals surface area (Å²) in [5.41, 5.74) is 0. The normalized spacial score (nSPS) is 0. The van der Waals surface area contributed by atoms with E-state index in [2.05, 4.69) is 0 Å². The highest BCUT2D eigenvalue weighted by Gasteiger charge is 0.0000845. The Kier molecular flexibility index (Phi) is 53100. The van der Waals surface area contributed by atoms with Crippen molar-refractivity contribution >= 4 is 19.4 Å². The first-order chi connectivity index (χ1) is 0. The molecule has 0 aromatic rings. The Bertz CT molecular complexity index is 8.00. The summed E-state index contributed by atoms with van der Waals surface area (Å²) in [6.45, 7) is 0. The van der Waals surface area contributed by atoms with E-state index < -0.39 is 0 Å². The minimum Gasteiger partial charge on any atom is -0.412 e. The lowest BCUT2D eigenvalue weighted by atomic mass is 10.8. The van der Waals surface area contributed by atoms with Gasteiger partial charge >= 0.3 is 0 Å². The second-order valence-electron chi connectivity index (χ2n) is 0. The maximum Gasteiger partial charge on any atom is 0 e. The summed E-state index contributed by atoms with van der Waals surface area (Å²) in [5.74, 6) is 0. The fraction of sp³-hybridized carbons (Fsp3) is 1.00. The molecular formula is CH10BOSi. The van der Waals surface area contributed by atoms with Gasteiger partial charge in [0.2, 0.25) is 0 Å². The van der Waals surface area contributed by atoms with E-state index in [1.54, 1.807) is 0 Å². The molecule has 1 nitrogen and oxygen atoms in total. The van der Waals surface area contributed by atoms with E-state index in [1.807, 2.05) is 0 Å². The van der Waals surface area contributed by atoms with E-state index in [1.165, 1.54) is 0 Å². The summed E-state index contributed by atoms with van der Waals surface area (Å²) in [4.78, 5) is 0. The fourth-order valence-electron chi connectivity index (χ4n) is 0. The highest BCUT2D eigenvalue weighted by atomic mass is 28.1. The van der Waals surface area contributed by atoms with E-state index in [0.717, 1.165) is 0 Å². The van der Waals surface area contributed by atoms with Gasteiger partial charge in [0.25, 0.3) is 0 Å². The zero-order valence-corrected chi connectivity index (χ0v) is 1.08. The van der Waals surface area contributed by atoms with Gasteiger partial charge in [-0.25, -0.2) is 0 Å². The Hall–Kier alpha value is 0.242. The molecule has 0 unspecified atom stereocenters. The maximum absolute atomic E-state index is 0. The van der Waals surface area contributed by atoms with Crippen LogP contribution in [0.3, 0.4) is 0 Å². The summed E-state index contributed by atoms with van der Waals surface area (Å²) >= 11 is 0. The molecular weight excluding hydrogens is 66.9 g/mol. The van der Waals surface area contributed by atoms with Crippen LogP contribution in [0.5, 0.6) is 0 Å². The Balaban J connectivity index is 0. The lowest BCUT2D eigenvalue weighted by Crippen LogP contribution is -0.382. The monoisotopic (exact) mass is 77.1 g/mol. The lowest BCUT2D eigenvalue weighted by molar-refractivity contribution is 0.824. The van der Waals surface area contributed by atoms with E-state index in [9.17, 15) is 0 Å². The molecule has 0 aromatic heterocycles. The maximum atomic E-state index is 0. The van der Waals surface area contributed by atoms with E-state index in [0.29, 0.717) is 0 Å². The first kappa shape index (κ1) is 762. The highest BCUT2D eigenvalue weighted by molar-refractivity contribution is 5.76. The van der Waals surface area contributed by atoms with Crippen LogP contribution >= 0.6 is 0 Å². The minimum atomic E-state index is 0. The second kappa shape index (κ2) is 279. The van der Waals surface area contributed by atoms with Gasteiger partial charge in [-0.15, -0.1) is 0 Å². The van der Waals surface area contributed by atoms with Gasteiger partial charge in [0.05, 0.1) is 0 Å². The minimum absolute atomic E-state index is 0. The molecule has 0 rings (SSSR count). The molecule has 0 saturated carbocycles. The number of rotatable bonds is 0. The van der Waals surface area contributed by atoms with Crippen molar-refractivity contribution in [3.05, 3.63) is 0 Å². The summed E-state index contributed by atoms with van der Waals surface area (Å²) in [6.07, 6.45) is 0. The van der Waals surface area contributed by atoms with Crippen LogP contribution in [-0.2, 0) is 0 Å². The van der Waals surface area contributed by atoms with Crippen molar-refractivity contribution in [3.63, 3.8) is 0 Å². The van der Waals surface area contributed by atoms with E-state index >= 15 is 0 Å². The van der Waals surface area contributed by atoms with Gasteiger partial charge in [-0.3, -0.25) is 0 Å². The fourth-order valence-corrected chi connectivity index (χ4v) is 0. The molecule has 4 heavy (non-hydrogen) atoms. The highest BCUT2D eigenvalue weighted by Crippen LogP contribution is 0.144. The number of hydrogen-bond donors (Lipinski definition) is 0. The molecule has 0 spiro atoms. The molecule has 3 radical (unpaired) electrons. The average molecular weight is 77.0 g/mol. The zero-order valence-electron chi connectivity index (χ0n) is 1.08. The van der Waals surface area contributed by atoms with Gasteiger partial charge in [-0.05, 0) is 11.0 Å². The SMILES string of the molecule is C.O.[B].[SiH4]. The van der Waals surface area contributed by atoms with Gasteiger partial charge in [-0.1, -0.05) is 7.43 Å². The molecule has 0 aliphatic rings. The third-order valence-corrected chi connectivity index (χ3v) is 0. The molecule has 0 bridgehead atoms. The van der Waals surface area contributed by atoms with Crippen molar-refractivity contribution < 1.29 is 5.48 Å². The predicted molar refractivity (Wildman–Crippen MR) is 27.4 cm³/mol. The summed E-state index contributed by atoms with van der Waals surface area (Å²) in [6, 6.07) is 0. The van der Waals surface area contributed by atoms with Crippen LogP contribution in [0.4, 0.5) is 0 Å². The molecule has 0 aliphatic carbocycles. The molecule has 27 valence electrons. The molecule has 0 aromatic carbocycles. The van der Waals surface area contributed by atoms with Gasteiger partial charge in [0.15, 0.2) is 0 Å². The van der Waals surface area contributed by atoms with Crippen LogP contribution in [0.25, 0.3) is 0 Å². The summed E-state index contributed by atoms with van der Waals surface area (Å²) < 4.78 is 0. The van der Waals surface area contributed by atoms with E-state index in [4.69, 9.17) is 0 Å². The molecule has 0 saturated heterocycles. The van der Waals surface area contributed by atoms with Crippen molar-refractivity contribution in [1.82, 2.24) is 0 Å². The van der Waals surface area contributed by atoms with Crippen LogP contribution in [-0.4, -0.2) is 24.9 Å². The topological polar surface area (TPSA) is 31.5 Å². The summed E-state index contributed by atoms with van der Waals surface area (Å²) in [7, 11) is 0. The van der Waals surface area contributed by atoms with Crippen molar-refractivity contribution in [2.45, 2.75) is 7.43 Å². The first-order valence-electron chi connectivity index (χ1n) is 0. The predicted octanol–water partition coefficient (Wildman–Crippen LogP) is -2.02. The van der Waals surface area contributed by atoms with Crippen LogP contribution < -0.4 is 0 Å². The largest absolute Gasteiger partial charge is 0.412 e. The molecule has 0 heterocycles. The molecule has 0 atom stereocenters. The smallest absolute Gasteiger partial charge is 0 e. The molecule has 0 fully saturated rings. The number of hydrogen-bond acceptors (Lipinski definition) is 0. The van der Waals surface area contributed by atoms with Gasteiger partial charge in [0, 0.05) is 8.41 Å². The lowest BCUT2D eigenvalue weighted by Gasteiger charge is -0.412. The van der Waals surface area contributed by atoms with Crippen LogP contribution in [0, 0.1) is 0 Å². The average Bonchev–Trinajstić information content (AvgIpc) is 0. The Morgan fingerprint density at radius 2 is 1.00 bits per heavy atom. The molecule has 2 N–H and O–H groups in total. The van der Waals surface area contributed by atoms with E-state index in [-0.39, 0.29) is 32.3 Å². The van der Waals surface area contributed by atoms with Crippen LogP contribution in [0.15, 0.2) is 0 Å². The van der Waals surface area contributed by atoms with Gasteiger partial charge in [0.1, 0.15) is 0 Å². The first-order valence-corrected chi connectivity index (χ1v) is 0. The molecule has 0 aliphatic heterocycles. The van der Waals surface area contributed by atoms with Gasteiger partial charge in [-0.2, -0.15) is 0 Å². The zero-order chi connectivity index (χ0) is 0. The Morgan fingerprint density at radius 3 is 1.00 bits per heavy atom. The van der Waals surface area contributed by atoms with Crippen LogP contribution in [0.2, 0.25) is 0 Å². The summed E-state index contributed by atoms with van der Waals surface area (Å²) in [5, 5.41) is 0. The molecule has 0 amide bonds. The Morgan fingerprint density at radius 1 is 1.00 bits per heavy atom. The van der Waals surface area contributed by atoms with Crippen molar-refractivity contribution in [1.29, 1.82) is 0 Å². The third kappa shape index (κ3) is 59.1. The standard InChI is InChI=1S/CH4.B.H2O.H4Si/h1H4;;1H2;1H4. The molecule has 3 heteroatoms. The van der Waals surface area contributed by atoms with Crippen molar-refractivity contribution in [2.24, 2.45) is 0 Å². The quantitative estimate of drug-likeness (QED) is 0.299.